The number of rotatable bonds is 40. The van der Waals surface area contributed by atoms with E-state index in [9.17, 15) is 101 Å². The Kier molecular flexibility index (Phi) is 74.7. The lowest BCUT2D eigenvalue weighted by atomic mass is 9.90. The summed E-state index contributed by atoms with van der Waals surface area (Å²) >= 11 is 0. The summed E-state index contributed by atoms with van der Waals surface area (Å²) in [7, 11) is 0. The standard InChI is InChI=1S/C9H14O6.2C9H14O3.2C8H14O3.2C8H16O.2C7H12O4.CH4/c1-5(2)6(10)3-9(15,8(13)14)4-7(11)12;2*1-6(2)8(11)4-5-9(12)7(3)10;2*1-5(2)7(10)4-8(11)6(3)9;2*1-7(2)5-4-6-8(3)9;2*1-4(2)7(11)5(8)3-6(9)10;/h5,15H,3-4H2,1-2H3,(H,11,12)(H,13,14);2*6H,4-5H2,1-3H3;2*5,8,11H,4H2,1-3H3;2*7H,4-6H2,1-3H3;2*4-5,8H,3H2,1-2H3,(H,9,10);1H4/p-1. The highest BCUT2D eigenvalue weighted by atomic mass is 16.4. The first-order chi connectivity index (χ1) is 45.6. The van der Waals surface area contributed by atoms with E-state index < -0.39 is 126 Å². The summed E-state index contributed by atoms with van der Waals surface area (Å²) in [5, 5.41) is 80.4. The van der Waals surface area contributed by atoms with Crippen molar-refractivity contribution < 1.29 is 137 Å². The fraction of sp³-hybridized carbons (Fsp3) is 0.743. The molecule has 594 valence electrons. The molecule has 28 nitrogen and oxygen atoms in total. The Labute approximate surface area is 605 Å². The molecule has 0 rings (SSSR count). The second-order valence-corrected chi connectivity index (χ2v) is 27.1. The molecule has 5 atom stereocenters. The SMILES string of the molecule is C.CC(=O)C(=O)CCC(=O)C(C)C.CC(=O)C(=O)CCC(=O)C(C)C.CC(=O)C(O)CC(=O)C(C)C.CC(=O)C(O)CC(=O)C(C)C.CC(=O)CCCC(C)C.CC(=O)CCCC(C)C.CC(C)C(=O)C(O)CC(=O)O.CC(C)C(=O)C(O)CC(=O)[O-].CC(C)C(=O)CC(O)(CC(=O)O)C(=O)O. The van der Waals surface area contributed by atoms with Crippen molar-refractivity contribution in [2.45, 2.75) is 306 Å². The van der Waals surface area contributed by atoms with Gasteiger partial charge < -0.3 is 60.3 Å². The van der Waals surface area contributed by atoms with E-state index in [0.717, 1.165) is 37.5 Å². The molecule has 0 aliphatic rings. The Morgan fingerprint density at radius 2 is 0.608 bits per heavy atom. The molecule has 0 saturated heterocycles. The first-order valence-electron chi connectivity index (χ1n) is 33.7. The van der Waals surface area contributed by atoms with E-state index >= 15 is 0 Å². The third-order valence-electron chi connectivity index (χ3n) is 13.4. The first-order valence-corrected chi connectivity index (χ1v) is 33.7. The fourth-order valence-electron chi connectivity index (χ4n) is 6.31. The molecule has 0 aromatic heterocycles. The number of carboxylic acids is 4. The number of Topliss-reactive ketones (excluding diaryl/α,β-unsaturated/α-hetero) is 15. The Hall–Kier alpha value is -7.27. The molecule has 0 spiro atoms. The molecular formula is C74H129O28-. The second-order valence-electron chi connectivity index (χ2n) is 27.1. The highest BCUT2D eigenvalue weighted by Crippen LogP contribution is 2.19. The van der Waals surface area contributed by atoms with Crippen molar-refractivity contribution in [3.8, 4) is 0 Å². The van der Waals surface area contributed by atoms with Crippen molar-refractivity contribution in [3.63, 3.8) is 0 Å². The monoisotopic (exact) mass is 1470 g/mol. The molecule has 0 bridgehead atoms. The number of aliphatic carboxylic acids is 4. The van der Waals surface area contributed by atoms with Gasteiger partial charge in [-0.2, -0.15) is 0 Å². The van der Waals surface area contributed by atoms with Crippen molar-refractivity contribution in [2.24, 2.45) is 53.3 Å². The summed E-state index contributed by atoms with van der Waals surface area (Å²) in [6.07, 6.45) is -1.36. The fourth-order valence-corrected chi connectivity index (χ4v) is 6.31. The quantitative estimate of drug-likeness (QED) is 0.0275. The van der Waals surface area contributed by atoms with Gasteiger partial charge in [-0.3, -0.25) is 71.9 Å². The Morgan fingerprint density at radius 1 is 0.333 bits per heavy atom. The first kappa shape index (κ1) is 116. The predicted octanol–water partition coefficient (Wildman–Crippen LogP) is 7.49. The zero-order valence-electron chi connectivity index (χ0n) is 64.6. The number of hydrogen-bond donors (Lipinski definition) is 8. The lowest BCUT2D eigenvalue weighted by molar-refractivity contribution is -0.307. The number of carbonyl (C=O) groups excluding carboxylic acids is 16. The zero-order chi connectivity index (χ0) is 82.3. The number of ketones is 15. The van der Waals surface area contributed by atoms with Gasteiger partial charge in [0.1, 0.15) is 64.9 Å². The predicted molar refractivity (Wildman–Crippen MR) is 380 cm³/mol. The van der Waals surface area contributed by atoms with Gasteiger partial charge in [-0.05, 0) is 52.4 Å². The van der Waals surface area contributed by atoms with Gasteiger partial charge in [0.05, 0.1) is 12.8 Å². The van der Waals surface area contributed by atoms with Crippen LogP contribution in [0.3, 0.4) is 0 Å². The van der Waals surface area contributed by atoms with Crippen LogP contribution in [-0.2, 0) is 91.1 Å². The van der Waals surface area contributed by atoms with Crippen LogP contribution in [0.5, 0.6) is 0 Å². The number of carbonyl (C=O) groups is 19. The smallest absolute Gasteiger partial charge is 0.336 e. The van der Waals surface area contributed by atoms with Crippen molar-refractivity contribution in [3.05, 3.63) is 0 Å². The van der Waals surface area contributed by atoms with Gasteiger partial charge in [0.25, 0.3) is 0 Å². The lowest BCUT2D eigenvalue weighted by Crippen LogP contribution is -2.43. The minimum atomic E-state index is -2.51. The summed E-state index contributed by atoms with van der Waals surface area (Å²) in [5.41, 5.74) is -2.51. The Balaban J connectivity index is -0.000000117. The third kappa shape index (κ3) is 80.0. The molecule has 0 heterocycles. The Bertz CT molecular complexity index is 2450. The maximum absolute atomic E-state index is 11.2. The van der Waals surface area contributed by atoms with E-state index in [0.29, 0.717) is 11.6 Å². The molecule has 0 aromatic rings. The lowest BCUT2D eigenvalue weighted by Gasteiger charge is -2.21. The van der Waals surface area contributed by atoms with Crippen molar-refractivity contribution >= 4 is 111 Å². The topological polar surface area (TPSA) is 509 Å². The van der Waals surface area contributed by atoms with Crippen LogP contribution in [0.4, 0.5) is 0 Å². The summed E-state index contributed by atoms with van der Waals surface area (Å²) < 4.78 is 0. The molecule has 0 aliphatic carbocycles. The molecule has 5 unspecified atom stereocenters. The summed E-state index contributed by atoms with van der Waals surface area (Å²) in [6, 6.07) is 0. The number of aliphatic hydroxyl groups is 5. The van der Waals surface area contributed by atoms with Gasteiger partial charge in [0.2, 0.25) is 0 Å². The van der Waals surface area contributed by atoms with E-state index in [4.69, 9.17) is 35.7 Å². The normalized spacial score (nSPS) is 12.0. The second kappa shape index (κ2) is 65.7. The van der Waals surface area contributed by atoms with Crippen LogP contribution in [0.1, 0.15) is 276 Å². The minimum absolute atomic E-state index is 0. The number of carboxylic acid groups (broad SMARTS) is 4. The average molecular weight is 1470 g/mol. The number of hydrogen-bond acceptors (Lipinski definition) is 25. The summed E-state index contributed by atoms with van der Waals surface area (Å²) in [4.78, 5) is 202. The van der Waals surface area contributed by atoms with Gasteiger partial charge >= 0.3 is 17.9 Å². The molecule has 102 heavy (non-hydrogen) atoms. The van der Waals surface area contributed by atoms with Gasteiger partial charge in [-0.25, -0.2) is 4.79 Å². The average Bonchev–Trinajstić information content (AvgIpc) is 0.850. The van der Waals surface area contributed by atoms with Crippen molar-refractivity contribution in [1.29, 1.82) is 0 Å². The molecule has 0 saturated carbocycles. The van der Waals surface area contributed by atoms with E-state index in [-0.39, 0.29) is 116 Å². The minimum Gasteiger partial charge on any atom is -0.550 e. The van der Waals surface area contributed by atoms with E-state index in [1.807, 2.05) is 0 Å². The van der Waals surface area contributed by atoms with Crippen LogP contribution in [0.25, 0.3) is 0 Å². The van der Waals surface area contributed by atoms with E-state index in [1.54, 1.807) is 111 Å². The molecule has 0 fully saturated rings. The van der Waals surface area contributed by atoms with Gasteiger partial charge in [-0.15, -0.1) is 0 Å². The molecule has 0 aromatic carbocycles. The van der Waals surface area contributed by atoms with E-state index in [1.165, 1.54) is 40.5 Å². The maximum atomic E-state index is 11.2. The van der Waals surface area contributed by atoms with Gasteiger partial charge in [0.15, 0.2) is 51.9 Å². The van der Waals surface area contributed by atoms with Crippen LogP contribution in [0.2, 0.25) is 0 Å². The maximum Gasteiger partial charge on any atom is 0.336 e. The molecule has 0 aliphatic heterocycles. The largest absolute Gasteiger partial charge is 0.550 e. The zero-order valence-corrected chi connectivity index (χ0v) is 64.6. The van der Waals surface area contributed by atoms with Crippen LogP contribution in [0, 0.1) is 53.3 Å². The Morgan fingerprint density at radius 3 is 0.794 bits per heavy atom. The van der Waals surface area contributed by atoms with Crippen molar-refractivity contribution in [2.75, 3.05) is 0 Å². The van der Waals surface area contributed by atoms with E-state index in [2.05, 4.69) is 27.7 Å². The summed E-state index contributed by atoms with van der Waals surface area (Å²) in [6.45, 7) is 40.7. The molecule has 0 amide bonds. The van der Waals surface area contributed by atoms with Crippen LogP contribution < -0.4 is 5.11 Å². The molecule has 8 N–H and O–H groups in total. The summed E-state index contributed by atoms with van der Waals surface area (Å²) in [5.74, 6) is -9.03. The molecule has 0 radical (unpaired) electrons. The van der Waals surface area contributed by atoms with Crippen LogP contribution in [-0.4, -0.2) is 181 Å². The number of aliphatic hydroxyl groups excluding tert-OH is 4. The van der Waals surface area contributed by atoms with Crippen molar-refractivity contribution in [1.82, 2.24) is 0 Å². The molecular weight excluding hydrogens is 1340 g/mol. The highest BCUT2D eigenvalue weighted by molar-refractivity contribution is 6.36. The van der Waals surface area contributed by atoms with Gasteiger partial charge in [-0.1, -0.05) is 145 Å². The third-order valence-corrected chi connectivity index (χ3v) is 13.4. The van der Waals surface area contributed by atoms with Gasteiger partial charge in [0, 0.05) is 125 Å². The molecule has 28 heteroatoms. The van der Waals surface area contributed by atoms with Crippen LogP contribution >= 0.6 is 0 Å². The highest BCUT2D eigenvalue weighted by Gasteiger charge is 2.41. The van der Waals surface area contributed by atoms with Crippen LogP contribution in [0.15, 0.2) is 0 Å².